The van der Waals surface area contributed by atoms with Crippen LogP contribution in [0.3, 0.4) is 0 Å². The number of benzene rings is 1. The minimum Gasteiger partial charge on any atom is -0.467 e. The van der Waals surface area contributed by atoms with Crippen molar-refractivity contribution in [3.63, 3.8) is 0 Å². The molecule has 0 spiro atoms. The molecule has 2 atom stereocenters. The minimum atomic E-state index is -0.559. The fourth-order valence-electron chi connectivity index (χ4n) is 2.30. The zero-order valence-electron chi connectivity index (χ0n) is 14.0. The standard InChI is InChI=1S/C18H27NO3/c1-13(2)12-16(18(21)22-4)19-17(20)14(3)10-11-15-8-6-5-7-9-15/h5-9,13-14,16H,10-12H2,1-4H3,(H,19,20)/t14-,16-/m0/s1. The van der Waals surface area contributed by atoms with Crippen LogP contribution in [0.4, 0.5) is 0 Å². The maximum Gasteiger partial charge on any atom is 0.328 e. The van der Waals surface area contributed by atoms with Crippen LogP contribution >= 0.6 is 0 Å². The number of amides is 1. The van der Waals surface area contributed by atoms with Gasteiger partial charge >= 0.3 is 5.97 Å². The summed E-state index contributed by atoms with van der Waals surface area (Å²) in [5.74, 6) is -0.298. The van der Waals surface area contributed by atoms with E-state index in [0.717, 1.165) is 12.8 Å². The second-order valence-corrected chi connectivity index (χ2v) is 6.14. The second kappa shape index (κ2) is 9.23. The summed E-state index contributed by atoms with van der Waals surface area (Å²) in [4.78, 5) is 24.0. The summed E-state index contributed by atoms with van der Waals surface area (Å²) in [5, 5.41) is 2.82. The van der Waals surface area contributed by atoms with Gasteiger partial charge in [-0.05, 0) is 30.7 Å². The monoisotopic (exact) mass is 305 g/mol. The number of hydrogen-bond donors (Lipinski definition) is 1. The highest BCUT2D eigenvalue weighted by Gasteiger charge is 2.24. The molecule has 0 bridgehead atoms. The highest BCUT2D eigenvalue weighted by Crippen LogP contribution is 2.12. The Kier molecular flexibility index (Phi) is 7.64. The van der Waals surface area contributed by atoms with E-state index in [9.17, 15) is 9.59 Å². The molecular formula is C18H27NO3. The quantitative estimate of drug-likeness (QED) is 0.751. The van der Waals surface area contributed by atoms with Crippen molar-refractivity contribution in [1.82, 2.24) is 5.32 Å². The Labute approximate surface area is 133 Å². The maximum absolute atomic E-state index is 12.3. The Morgan fingerprint density at radius 2 is 1.77 bits per heavy atom. The molecule has 0 aliphatic heterocycles. The zero-order valence-corrected chi connectivity index (χ0v) is 14.0. The third-order valence-electron chi connectivity index (χ3n) is 3.67. The van der Waals surface area contributed by atoms with Gasteiger partial charge in [0.05, 0.1) is 7.11 Å². The van der Waals surface area contributed by atoms with Crippen molar-refractivity contribution < 1.29 is 14.3 Å². The summed E-state index contributed by atoms with van der Waals surface area (Å²) in [7, 11) is 1.35. The van der Waals surface area contributed by atoms with E-state index in [1.54, 1.807) is 0 Å². The second-order valence-electron chi connectivity index (χ2n) is 6.14. The lowest BCUT2D eigenvalue weighted by Gasteiger charge is -2.20. The number of methoxy groups -OCH3 is 1. The van der Waals surface area contributed by atoms with Crippen molar-refractivity contribution in [3.05, 3.63) is 35.9 Å². The van der Waals surface area contributed by atoms with Gasteiger partial charge < -0.3 is 10.1 Å². The molecule has 0 aliphatic carbocycles. The van der Waals surface area contributed by atoms with Crippen LogP contribution in [0.1, 0.15) is 39.2 Å². The van der Waals surface area contributed by atoms with Crippen molar-refractivity contribution in [3.8, 4) is 0 Å². The van der Waals surface area contributed by atoms with E-state index in [0.29, 0.717) is 12.3 Å². The first-order chi connectivity index (χ1) is 10.4. The van der Waals surface area contributed by atoms with Crippen LogP contribution in [-0.4, -0.2) is 25.0 Å². The fourth-order valence-corrected chi connectivity index (χ4v) is 2.30. The van der Waals surface area contributed by atoms with Crippen molar-refractivity contribution in [2.24, 2.45) is 11.8 Å². The number of aryl methyl sites for hydroxylation is 1. The predicted molar refractivity (Wildman–Crippen MR) is 87.3 cm³/mol. The Morgan fingerprint density at radius 3 is 2.32 bits per heavy atom. The predicted octanol–water partition coefficient (Wildman–Crippen LogP) is 2.96. The van der Waals surface area contributed by atoms with Crippen LogP contribution in [0.5, 0.6) is 0 Å². The molecule has 0 aromatic heterocycles. The van der Waals surface area contributed by atoms with E-state index in [1.165, 1.54) is 12.7 Å². The van der Waals surface area contributed by atoms with Gasteiger partial charge in [0.1, 0.15) is 6.04 Å². The molecule has 1 rings (SSSR count). The molecule has 1 N–H and O–H groups in total. The molecule has 0 saturated heterocycles. The summed E-state index contributed by atoms with van der Waals surface area (Å²) in [5.41, 5.74) is 1.22. The zero-order chi connectivity index (χ0) is 16.5. The SMILES string of the molecule is COC(=O)[C@H](CC(C)C)NC(=O)[C@@H](C)CCc1ccccc1. The van der Waals surface area contributed by atoms with Gasteiger partial charge in [0.15, 0.2) is 0 Å². The number of rotatable bonds is 8. The van der Waals surface area contributed by atoms with Crippen LogP contribution in [0.2, 0.25) is 0 Å². The molecule has 122 valence electrons. The highest BCUT2D eigenvalue weighted by atomic mass is 16.5. The lowest BCUT2D eigenvalue weighted by molar-refractivity contribution is -0.146. The molecule has 4 heteroatoms. The molecule has 0 unspecified atom stereocenters. The average Bonchev–Trinajstić information content (AvgIpc) is 2.51. The van der Waals surface area contributed by atoms with Crippen molar-refractivity contribution in [2.45, 2.75) is 46.1 Å². The average molecular weight is 305 g/mol. The summed E-state index contributed by atoms with van der Waals surface area (Å²) >= 11 is 0. The molecular weight excluding hydrogens is 278 g/mol. The molecule has 0 heterocycles. The smallest absolute Gasteiger partial charge is 0.328 e. The lowest BCUT2D eigenvalue weighted by atomic mass is 9.98. The summed E-state index contributed by atoms with van der Waals surface area (Å²) in [6.07, 6.45) is 2.19. The fraction of sp³-hybridized carbons (Fsp3) is 0.556. The van der Waals surface area contributed by atoms with Crippen LogP contribution in [0.25, 0.3) is 0 Å². The van der Waals surface area contributed by atoms with E-state index < -0.39 is 6.04 Å². The first-order valence-corrected chi connectivity index (χ1v) is 7.86. The Bertz CT molecular complexity index is 470. The highest BCUT2D eigenvalue weighted by molar-refractivity contribution is 5.85. The molecule has 0 aliphatic rings. The van der Waals surface area contributed by atoms with Crippen LogP contribution in [0.15, 0.2) is 30.3 Å². The Morgan fingerprint density at radius 1 is 1.14 bits per heavy atom. The van der Waals surface area contributed by atoms with Crippen LogP contribution in [-0.2, 0) is 20.7 Å². The summed E-state index contributed by atoms with van der Waals surface area (Å²) in [6, 6.07) is 9.52. The number of ether oxygens (including phenoxy) is 1. The van der Waals surface area contributed by atoms with Gasteiger partial charge in [-0.15, -0.1) is 0 Å². The van der Waals surface area contributed by atoms with Gasteiger partial charge in [-0.3, -0.25) is 4.79 Å². The number of esters is 1. The van der Waals surface area contributed by atoms with E-state index in [4.69, 9.17) is 4.74 Å². The van der Waals surface area contributed by atoms with Crippen molar-refractivity contribution in [2.75, 3.05) is 7.11 Å². The molecule has 1 aromatic carbocycles. The largest absolute Gasteiger partial charge is 0.467 e. The van der Waals surface area contributed by atoms with E-state index in [1.807, 2.05) is 39.0 Å². The number of carbonyl (C=O) groups is 2. The molecule has 0 saturated carbocycles. The molecule has 1 amide bonds. The minimum absolute atomic E-state index is 0.0908. The van der Waals surface area contributed by atoms with Crippen LogP contribution in [0, 0.1) is 11.8 Å². The van der Waals surface area contributed by atoms with Gasteiger partial charge in [-0.2, -0.15) is 0 Å². The van der Waals surface area contributed by atoms with Gasteiger partial charge in [0.2, 0.25) is 5.91 Å². The van der Waals surface area contributed by atoms with Crippen molar-refractivity contribution in [1.29, 1.82) is 0 Å². The lowest BCUT2D eigenvalue weighted by Crippen LogP contribution is -2.44. The van der Waals surface area contributed by atoms with Gasteiger partial charge in [0.25, 0.3) is 0 Å². The number of hydrogen-bond acceptors (Lipinski definition) is 3. The number of nitrogens with one attached hydrogen (secondary N) is 1. The number of carbonyl (C=O) groups excluding carboxylic acids is 2. The van der Waals surface area contributed by atoms with Gasteiger partial charge in [-0.1, -0.05) is 51.1 Å². The topological polar surface area (TPSA) is 55.4 Å². The first kappa shape index (κ1) is 18.2. The summed E-state index contributed by atoms with van der Waals surface area (Å²) in [6.45, 7) is 5.92. The molecule has 0 radical (unpaired) electrons. The first-order valence-electron chi connectivity index (χ1n) is 7.86. The van der Waals surface area contributed by atoms with Gasteiger partial charge in [-0.25, -0.2) is 4.79 Å². The third kappa shape index (κ3) is 6.29. The van der Waals surface area contributed by atoms with Crippen molar-refractivity contribution >= 4 is 11.9 Å². The van der Waals surface area contributed by atoms with Gasteiger partial charge in [0, 0.05) is 5.92 Å². The summed E-state index contributed by atoms with van der Waals surface area (Å²) < 4.78 is 4.77. The Hall–Kier alpha value is -1.84. The van der Waals surface area contributed by atoms with Crippen LogP contribution < -0.4 is 5.32 Å². The normalized spacial score (nSPS) is 13.5. The third-order valence-corrected chi connectivity index (χ3v) is 3.67. The maximum atomic E-state index is 12.3. The van der Waals surface area contributed by atoms with E-state index in [-0.39, 0.29) is 17.8 Å². The molecule has 4 nitrogen and oxygen atoms in total. The van der Waals surface area contributed by atoms with E-state index in [2.05, 4.69) is 17.4 Å². The molecule has 1 aromatic rings. The van der Waals surface area contributed by atoms with E-state index >= 15 is 0 Å². The Balaban J connectivity index is 2.51. The molecule has 0 fully saturated rings. The molecule has 22 heavy (non-hydrogen) atoms.